The smallest absolute Gasteiger partial charge is 0.253 e. The summed E-state index contributed by atoms with van der Waals surface area (Å²) in [5.74, 6) is 0.505. The van der Waals surface area contributed by atoms with E-state index in [4.69, 9.17) is 4.74 Å². The topological polar surface area (TPSA) is 80.3 Å². The fourth-order valence-corrected chi connectivity index (χ4v) is 1.77. The second kappa shape index (κ2) is 8.53. The Kier molecular flexibility index (Phi) is 6.11. The number of pyridine rings is 1. The number of para-hydroxylation sites is 1. The second-order valence-electron chi connectivity index (χ2n) is 4.83. The van der Waals surface area contributed by atoms with Gasteiger partial charge in [-0.15, -0.1) is 0 Å². The molecule has 0 radical (unpaired) electrons. The van der Waals surface area contributed by atoms with Gasteiger partial charge in [0, 0.05) is 18.8 Å². The van der Waals surface area contributed by atoms with E-state index in [1.165, 1.54) is 6.20 Å². The van der Waals surface area contributed by atoms with Gasteiger partial charge in [-0.25, -0.2) is 4.98 Å². The van der Waals surface area contributed by atoms with Gasteiger partial charge in [0.1, 0.15) is 5.75 Å². The van der Waals surface area contributed by atoms with Crippen molar-refractivity contribution in [3.8, 4) is 11.6 Å². The van der Waals surface area contributed by atoms with Crippen molar-refractivity contribution in [2.75, 3.05) is 13.1 Å². The molecule has 120 valence electrons. The lowest BCUT2D eigenvalue weighted by Gasteiger charge is -2.07. The third-order valence-corrected chi connectivity index (χ3v) is 2.95. The Morgan fingerprint density at radius 1 is 1.09 bits per heavy atom. The van der Waals surface area contributed by atoms with Gasteiger partial charge in [0.2, 0.25) is 11.8 Å². The molecule has 0 aliphatic carbocycles. The van der Waals surface area contributed by atoms with E-state index in [0.717, 1.165) is 6.42 Å². The summed E-state index contributed by atoms with van der Waals surface area (Å²) in [5.41, 5.74) is 0.369. The predicted octanol–water partition coefficient (Wildman–Crippen LogP) is 2.13. The maximum atomic E-state index is 11.9. The third-order valence-electron chi connectivity index (χ3n) is 2.95. The third kappa shape index (κ3) is 5.43. The molecule has 0 saturated carbocycles. The predicted molar refractivity (Wildman–Crippen MR) is 86.4 cm³/mol. The maximum Gasteiger partial charge on any atom is 0.253 e. The lowest BCUT2D eigenvalue weighted by atomic mass is 10.2. The highest BCUT2D eigenvalue weighted by atomic mass is 16.5. The molecule has 0 unspecified atom stereocenters. The van der Waals surface area contributed by atoms with Gasteiger partial charge >= 0.3 is 0 Å². The molecule has 0 aliphatic heterocycles. The zero-order chi connectivity index (χ0) is 16.5. The molecule has 1 aromatic heterocycles. The van der Waals surface area contributed by atoms with Gasteiger partial charge in [-0.05, 0) is 24.6 Å². The molecule has 0 atom stereocenters. The molecule has 6 heteroatoms. The number of carbonyl (C=O) groups excluding carboxylic acids is 2. The molecular weight excluding hydrogens is 294 g/mol. The first-order valence-corrected chi connectivity index (χ1v) is 7.43. The zero-order valence-corrected chi connectivity index (χ0v) is 12.9. The first-order valence-electron chi connectivity index (χ1n) is 7.43. The van der Waals surface area contributed by atoms with Gasteiger partial charge in [-0.1, -0.05) is 25.1 Å². The molecule has 0 aliphatic rings. The van der Waals surface area contributed by atoms with Crippen LogP contribution in [0.5, 0.6) is 11.6 Å². The molecule has 1 heterocycles. The van der Waals surface area contributed by atoms with Gasteiger partial charge in [0.15, 0.2) is 0 Å². The summed E-state index contributed by atoms with van der Waals surface area (Å²) < 4.78 is 5.55. The van der Waals surface area contributed by atoms with E-state index in [2.05, 4.69) is 15.6 Å². The van der Waals surface area contributed by atoms with Gasteiger partial charge < -0.3 is 15.4 Å². The summed E-state index contributed by atoms with van der Waals surface area (Å²) in [7, 11) is 0. The SMILES string of the molecule is CCCNC(=O)CNC(=O)c1ccc(Oc2ccccc2)nc1. The van der Waals surface area contributed by atoms with Crippen LogP contribution in [0.1, 0.15) is 23.7 Å². The van der Waals surface area contributed by atoms with Crippen LogP contribution in [0.15, 0.2) is 48.7 Å². The second-order valence-corrected chi connectivity index (χ2v) is 4.83. The van der Waals surface area contributed by atoms with E-state index in [1.807, 2.05) is 37.3 Å². The van der Waals surface area contributed by atoms with Crippen molar-refractivity contribution in [2.45, 2.75) is 13.3 Å². The first-order chi connectivity index (χ1) is 11.2. The Morgan fingerprint density at radius 3 is 2.52 bits per heavy atom. The molecule has 0 fully saturated rings. The summed E-state index contributed by atoms with van der Waals surface area (Å²) in [5, 5.41) is 5.23. The van der Waals surface area contributed by atoms with Crippen molar-refractivity contribution in [1.82, 2.24) is 15.6 Å². The van der Waals surface area contributed by atoms with Gasteiger partial charge in [-0.2, -0.15) is 0 Å². The average Bonchev–Trinajstić information content (AvgIpc) is 2.59. The van der Waals surface area contributed by atoms with Gasteiger partial charge in [0.05, 0.1) is 12.1 Å². The number of amides is 2. The fraction of sp³-hybridized carbons (Fsp3) is 0.235. The maximum absolute atomic E-state index is 11.9. The molecule has 1 aromatic carbocycles. The largest absolute Gasteiger partial charge is 0.439 e. The molecule has 0 spiro atoms. The number of nitrogens with zero attached hydrogens (tertiary/aromatic N) is 1. The Balaban J connectivity index is 1.86. The minimum Gasteiger partial charge on any atom is -0.439 e. The van der Waals surface area contributed by atoms with E-state index >= 15 is 0 Å². The Bertz CT molecular complexity index is 642. The number of benzene rings is 1. The van der Waals surface area contributed by atoms with Crippen molar-refractivity contribution < 1.29 is 14.3 Å². The number of rotatable bonds is 7. The first kappa shape index (κ1) is 16.5. The zero-order valence-electron chi connectivity index (χ0n) is 12.9. The summed E-state index contributed by atoms with van der Waals surface area (Å²) in [6, 6.07) is 12.5. The van der Waals surface area contributed by atoms with Crippen LogP contribution in [-0.4, -0.2) is 29.9 Å². The minimum absolute atomic E-state index is 0.0545. The van der Waals surface area contributed by atoms with Crippen LogP contribution in [0.2, 0.25) is 0 Å². The molecule has 0 saturated heterocycles. The minimum atomic E-state index is -0.351. The Hall–Kier alpha value is -2.89. The van der Waals surface area contributed by atoms with Crippen molar-refractivity contribution >= 4 is 11.8 Å². The van der Waals surface area contributed by atoms with Gasteiger partial charge in [-0.3, -0.25) is 9.59 Å². The van der Waals surface area contributed by atoms with Crippen LogP contribution in [0.4, 0.5) is 0 Å². The Morgan fingerprint density at radius 2 is 1.87 bits per heavy atom. The summed E-state index contributed by atoms with van der Waals surface area (Å²) in [6.45, 7) is 2.51. The van der Waals surface area contributed by atoms with E-state index < -0.39 is 0 Å². The lowest BCUT2D eigenvalue weighted by Crippen LogP contribution is -2.37. The number of hydrogen-bond donors (Lipinski definition) is 2. The van der Waals surface area contributed by atoms with E-state index in [-0.39, 0.29) is 18.4 Å². The van der Waals surface area contributed by atoms with Crippen molar-refractivity contribution in [3.05, 3.63) is 54.2 Å². The average molecular weight is 313 g/mol. The van der Waals surface area contributed by atoms with E-state index in [1.54, 1.807) is 12.1 Å². The Labute approximate surface area is 134 Å². The molecule has 2 amide bonds. The van der Waals surface area contributed by atoms with Crippen molar-refractivity contribution in [1.29, 1.82) is 0 Å². The number of carbonyl (C=O) groups is 2. The molecule has 6 nitrogen and oxygen atoms in total. The summed E-state index contributed by atoms with van der Waals surface area (Å²) in [4.78, 5) is 27.4. The number of hydrogen-bond acceptors (Lipinski definition) is 4. The van der Waals surface area contributed by atoms with Crippen LogP contribution in [-0.2, 0) is 4.79 Å². The highest BCUT2D eigenvalue weighted by Crippen LogP contribution is 2.18. The molecule has 23 heavy (non-hydrogen) atoms. The standard InChI is InChI=1S/C17H19N3O3/c1-2-10-18-15(21)12-20-17(22)13-8-9-16(19-11-13)23-14-6-4-3-5-7-14/h3-9,11H,2,10,12H2,1H3,(H,18,21)(H,20,22). The molecule has 2 rings (SSSR count). The molecule has 2 aromatic rings. The fourth-order valence-electron chi connectivity index (χ4n) is 1.77. The van der Waals surface area contributed by atoms with E-state index in [9.17, 15) is 9.59 Å². The highest BCUT2D eigenvalue weighted by molar-refractivity contribution is 5.96. The van der Waals surface area contributed by atoms with Crippen LogP contribution in [0.3, 0.4) is 0 Å². The van der Waals surface area contributed by atoms with E-state index in [0.29, 0.717) is 23.7 Å². The van der Waals surface area contributed by atoms with Gasteiger partial charge in [0.25, 0.3) is 5.91 Å². The highest BCUT2D eigenvalue weighted by Gasteiger charge is 2.08. The van der Waals surface area contributed by atoms with Crippen LogP contribution in [0.25, 0.3) is 0 Å². The quantitative estimate of drug-likeness (QED) is 0.820. The number of ether oxygens (including phenoxy) is 1. The molecule has 0 bridgehead atoms. The normalized spacial score (nSPS) is 9.96. The van der Waals surface area contributed by atoms with Crippen LogP contribution >= 0.6 is 0 Å². The monoisotopic (exact) mass is 313 g/mol. The number of nitrogens with one attached hydrogen (secondary N) is 2. The summed E-state index contributed by atoms with van der Waals surface area (Å²) in [6.07, 6.45) is 2.27. The lowest BCUT2D eigenvalue weighted by molar-refractivity contribution is -0.120. The van der Waals surface area contributed by atoms with Crippen LogP contribution in [0, 0.1) is 0 Å². The van der Waals surface area contributed by atoms with Crippen molar-refractivity contribution in [2.24, 2.45) is 0 Å². The number of aromatic nitrogens is 1. The van der Waals surface area contributed by atoms with Crippen LogP contribution < -0.4 is 15.4 Å². The summed E-state index contributed by atoms with van der Waals surface area (Å²) >= 11 is 0. The van der Waals surface area contributed by atoms with Crippen molar-refractivity contribution in [3.63, 3.8) is 0 Å². The molecular formula is C17H19N3O3. The molecule has 2 N–H and O–H groups in total.